The van der Waals surface area contributed by atoms with Gasteiger partial charge < -0.3 is 10.6 Å². The maximum atomic E-state index is 5.65. The Morgan fingerprint density at radius 1 is 1.17 bits per heavy atom. The second-order valence-corrected chi connectivity index (χ2v) is 4.84. The number of nitrogen functional groups attached to an aromatic ring is 1. The molecule has 116 valence electrons. The van der Waals surface area contributed by atoms with Crippen molar-refractivity contribution in [1.82, 2.24) is 19.7 Å². The van der Waals surface area contributed by atoms with Gasteiger partial charge in [-0.1, -0.05) is 41.6 Å². The van der Waals surface area contributed by atoms with Crippen LogP contribution in [0.2, 0.25) is 0 Å². The fraction of sp³-hybridized carbons (Fsp3) is 0.125. The minimum atomic E-state index is 0.221. The number of aromatic nitrogens is 4. The van der Waals surface area contributed by atoms with E-state index in [9.17, 15) is 0 Å². The van der Waals surface area contributed by atoms with Crippen molar-refractivity contribution < 1.29 is 4.84 Å². The van der Waals surface area contributed by atoms with Crippen molar-refractivity contribution in [2.75, 3.05) is 5.73 Å². The molecule has 0 radical (unpaired) electrons. The molecule has 0 unspecified atom stereocenters. The molecule has 0 aliphatic heterocycles. The summed E-state index contributed by atoms with van der Waals surface area (Å²) >= 11 is 0. The van der Waals surface area contributed by atoms with Crippen LogP contribution in [0.15, 0.2) is 60.0 Å². The van der Waals surface area contributed by atoms with Gasteiger partial charge in [0.15, 0.2) is 18.1 Å². The quantitative estimate of drug-likeness (QED) is 0.573. The summed E-state index contributed by atoms with van der Waals surface area (Å²) in [5, 5.41) is 8.32. The molecule has 0 aliphatic carbocycles. The highest BCUT2D eigenvalue weighted by Gasteiger charge is 2.13. The summed E-state index contributed by atoms with van der Waals surface area (Å²) in [5.41, 5.74) is 7.86. The first-order chi connectivity index (χ1) is 11.2. The van der Waals surface area contributed by atoms with Crippen LogP contribution in [0, 0.1) is 0 Å². The molecular formula is C16H16N6O. The number of anilines is 1. The van der Waals surface area contributed by atoms with Crippen molar-refractivity contribution in [3.63, 3.8) is 0 Å². The monoisotopic (exact) mass is 308 g/mol. The number of oxime groups is 1. The molecule has 0 aliphatic rings. The molecule has 7 heteroatoms. The molecule has 0 saturated carbocycles. The summed E-state index contributed by atoms with van der Waals surface area (Å²) in [6.45, 7) is 0.221. The molecule has 3 aromatic rings. The highest BCUT2D eigenvalue weighted by Crippen LogP contribution is 2.09. The topological polar surface area (TPSA) is 91.2 Å². The van der Waals surface area contributed by atoms with E-state index in [0.717, 1.165) is 5.56 Å². The summed E-state index contributed by atoms with van der Waals surface area (Å²) in [6, 6.07) is 15.1. The van der Waals surface area contributed by atoms with Gasteiger partial charge in [-0.3, -0.25) is 0 Å². The Hall–Kier alpha value is -3.22. The maximum absolute atomic E-state index is 5.65. The maximum Gasteiger partial charge on any atom is 0.180 e. The lowest BCUT2D eigenvalue weighted by Crippen LogP contribution is -2.12. The third-order valence-corrected chi connectivity index (χ3v) is 3.17. The van der Waals surface area contributed by atoms with Crippen LogP contribution < -0.4 is 5.73 Å². The standard InChI is InChI=1S/C16H16N6O/c1-22-16(18-11-19-22)15(12-6-3-2-4-7-12)21-23-10-13-8-5-9-14(17)20-13/h2-9,11H,10H2,1H3,(H2,17,20). The number of nitrogens with two attached hydrogens (primary N) is 1. The van der Waals surface area contributed by atoms with Crippen LogP contribution in [0.5, 0.6) is 0 Å². The van der Waals surface area contributed by atoms with E-state index in [1.54, 1.807) is 17.8 Å². The molecular weight excluding hydrogens is 292 g/mol. The molecule has 23 heavy (non-hydrogen) atoms. The van der Waals surface area contributed by atoms with Crippen molar-refractivity contribution in [3.8, 4) is 0 Å². The highest BCUT2D eigenvalue weighted by molar-refractivity contribution is 6.10. The first-order valence-corrected chi connectivity index (χ1v) is 7.05. The van der Waals surface area contributed by atoms with E-state index in [-0.39, 0.29) is 6.61 Å². The van der Waals surface area contributed by atoms with Gasteiger partial charge in [0.1, 0.15) is 12.1 Å². The van der Waals surface area contributed by atoms with Crippen LogP contribution in [0.4, 0.5) is 5.82 Å². The Balaban J connectivity index is 1.85. The lowest BCUT2D eigenvalue weighted by Gasteiger charge is -2.06. The van der Waals surface area contributed by atoms with E-state index in [2.05, 4.69) is 20.2 Å². The number of pyridine rings is 1. The van der Waals surface area contributed by atoms with Crippen LogP contribution >= 0.6 is 0 Å². The summed E-state index contributed by atoms with van der Waals surface area (Å²) in [4.78, 5) is 13.9. The number of rotatable bonds is 5. The Kier molecular flexibility index (Phi) is 4.28. The molecule has 2 heterocycles. The van der Waals surface area contributed by atoms with Crippen LogP contribution in [0.3, 0.4) is 0 Å². The lowest BCUT2D eigenvalue weighted by atomic mass is 10.1. The zero-order valence-electron chi connectivity index (χ0n) is 12.6. The van der Waals surface area contributed by atoms with Gasteiger partial charge >= 0.3 is 0 Å². The van der Waals surface area contributed by atoms with Gasteiger partial charge in [-0.2, -0.15) is 5.10 Å². The minimum Gasteiger partial charge on any atom is -0.389 e. The van der Waals surface area contributed by atoms with Gasteiger partial charge in [0, 0.05) is 12.6 Å². The molecule has 0 spiro atoms. The summed E-state index contributed by atoms with van der Waals surface area (Å²) in [7, 11) is 1.81. The third kappa shape index (κ3) is 3.52. The van der Waals surface area contributed by atoms with Crippen molar-refractivity contribution in [3.05, 3.63) is 71.9 Å². The number of benzene rings is 1. The predicted molar refractivity (Wildman–Crippen MR) is 86.5 cm³/mol. The van der Waals surface area contributed by atoms with Crippen molar-refractivity contribution >= 4 is 11.5 Å². The lowest BCUT2D eigenvalue weighted by molar-refractivity contribution is 0.128. The Bertz CT molecular complexity index is 812. The van der Waals surface area contributed by atoms with E-state index < -0.39 is 0 Å². The minimum absolute atomic E-state index is 0.221. The fourth-order valence-corrected chi connectivity index (χ4v) is 2.07. The van der Waals surface area contributed by atoms with Gasteiger partial charge in [0.05, 0.1) is 5.69 Å². The summed E-state index contributed by atoms with van der Waals surface area (Å²) in [6.07, 6.45) is 1.48. The van der Waals surface area contributed by atoms with Gasteiger partial charge in [-0.15, -0.1) is 0 Å². The number of hydrogen-bond acceptors (Lipinski definition) is 6. The van der Waals surface area contributed by atoms with E-state index in [4.69, 9.17) is 10.6 Å². The zero-order chi connectivity index (χ0) is 16.1. The largest absolute Gasteiger partial charge is 0.389 e. The first kappa shape index (κ1) is 14.7. The number of hydrogen-bond donors (Lipinski definition) is 1. The normalized spacial score (nSPS) is 11.4. The SMILES string of the molecule is Cn1ncnc1C(=NOCc1cccc(N)n1)c1ccccc1. The molecule has 7 nitrogen and oxygen atoms in total. The van der Waals surface area contributed by atoms with E-state index in [0.29, 0.717) is 23.0 Å². The third-order valence-electron chi connectivity index (χ3n) is 3.17. The van der Waals surface area contributed by atoms with Gasteiger partial charge in [0.2, 0.25) is 0 Å². The van der Waals surface area contributed by atoms with Crippen LogP contribution in [0.25, 0.3) is 0 Å². The smallest absolute Gasteiger partial charge is 0.180 e. The van der Waals surface area contributed by atoms with Crippen LogP contribution in [-0.2, 0) is 18.5 Å². The average Bonchev–Trinajstić information content (AvgIpc) is 2.98. The van der Waals surface area contributed by atoms with E-state index >= 15 is 0 Å². The Labute approximate surface area is 133 Å². The van der Waals surface area contributed by atoms with E-state index in [1.165, 1.54) is 6.33 Å². The second kappa shape index (κ2) is 6.69. The summed E-state index contributed by atoms with van der Waals surface area (Å²) in [5.74, 6) is 1.07. The van der Waals surface area contributed by atoms with Gasteiger partial charge in [-0.25, -0.2) is 14.6 Å². The zero-order valence-corrected chi connectivity index (χ0v) is 12.6. The van der Waals surface area contributed by atoms with Crippen molar-refractivity contribution in [2.24, 2.45) is 12.2 Å². The van der Waals surface area contributed by atoms with Crippen molar-refractivity contribution in [2.45, 2.75) is 6.61 Å². The number of nitrogens with zero attached hydrogens (tertiary/aromatic N) is 5. The Morgan fingerprint density at radius 3 is 2.70 bits per heavy atom. The van der Waals surface area contributed by atoms with Crippen LogP contribution in [-0.4, -0.2) is 25.5 Å². The van der Waals surface area contributed by atoms with Crippen molar-refractivity contribution in [1.29, 1.82) is 0 Å². The molecule has 0 atom stereocenters. The fourth-order valence-electron chi connectivity index (χ4n) is 2.07. The van der Waals surface area contributed by atoms with Crippen LogP contribution in [0.1, 0.15) is 17.1 Å². The number of aryl methyl sites for hydroxylation is 1. The summed E-state index contributed by atoms with van der Waals surface area (Å²) < 4.78 is 1.65. The average molecular weight is 308 g/mol. The first-order valence-electron chi connectivity index (χ1n) is 7.05. The molecule has 2 aromatic heterocycles. The molecule has 2 N–H and O–H groups in total. The van der Waals surface area contributed by atoms with Gasteiger partial charge in [-0.05, 0) is 12.1 Å². The van der Waals surface area contributed by atoms with Gasteiger partial charge in [0.25, 0.3) is 0 Å². The second-order valence-electron chi connectivity index (χ2n) is 4.84. The molecule has 0 bridgehead atoms. The highest BCUT2D eigenvalue weighted by atomic mass is 16.6. The molecule has 0 saturated heterocycles. The molecule has 0 amide bonds. The predicted octanol–water partition coefficient (Wildman–Crippen LogP) is 1.76. The van der Waals surface area contributed by atoms with E-state index in [1.807, 2.05) is 42.5 Å². The molecule has 1 aromatic carbocycles. The Morgan fingerprint density at radius 2 is 2.00 bits per heavy atom. The molecule has 3 rings (SSSR count). The molecule has 0 fully saturated rings.